The van der Waals surface area contributed by atoms with Crippen molar-refractivity contribution in [3.05, 3.63) is 59.4 Å². The van der Waals surface area contributed by atoms with Gasteiger partial charge < -0.3 is 9.64 Å². The smallest absolute Gasteiger partial charge is 0.131 e. The quantitative estimate of drug-likeness (QED) is 0.855. The lowest BCUT2D eigenvalue weighted by molar-refractivity contribution is 0.410. The van der Waals surface area contributed by atoms with E-state index in [0.29, 0.717) is 23.4 Å². The van der Waals surface area contributed by atoms with E-state index in [0.717, 1.165) is 5.69 Å². The van der Waals surface area contributed by atoms with Crippen LogP contribution in [0.15, 0.2) is 42.5 Å². The van der Waals surface area contributed by atoms with E-state index in [9.17, 15) is 4.39 Å². The monoisotopic (exact) mass is 270 g/mol. The van der Waals surface area contributed by atoms with Crippen LogP contribution in [0.3, 0.4) is 0 Å². The first-order valence-electron chi connectivity index (χ1n) is 6.18. The number of nitriles is 1. The van der Waals surface area contributed by atoms with Gasteiger partial charge in [-0.25, -0.2) is 4.39 Å². The fourth-order valence-corrected chi connectivity index (χ4v) is 2.02. The third-order valence-electron chi connectivity index (χ3n) is 3.10. The largest absolute Gasteiger partial charge is 0.497 e. The normalized spacial score (nSPS) is 9.90. The van der Waals surface area contributed by atoms with Gasteiger partial charge in [-0.15, -0.1) is 0 Å². The Kier molecular flexibility index (Phi) is 4.21. The Morgan fingerprint density at radius 1 is 1.25 bits per heavy atom. The third-order valence-corrected chi connectivity index (χ3v) is 3.10. The SMILES string of the molecule is COc1ccc(CN(C)c2ccccc2C#N)c(F)c1. The van der Waals surface area contributed by atoms with E-state index < -0.39 is 0 Å². The number of hydrogen-bond acceptors (Lipinski definition) is 3. The summed E-state index contributed by atoms with van der Waals surface area (Å²) >= 11 is 0. The standard InChI is InChI=1S/C16H15FN2O/c1-19(16-6-4-3-5-12(16)10-18)11-13-7-8-14(20-2)9-15(13)17/h3-9H,11H2,1-2H3. The molecule has 0 saturated heterocycles. The molecule has 20 heavy (non-hydrogen) atoms. The molecule has 0 aliphatic carbocycles. The van der Waals surface area contributed by atoms with Crippen molar-refractivity contribution in [3.8, 4) is 11.8 Å². The summed E-state index contributed by atoms with van der Waals surface area (Å²) in [7, 11) is 3.34. The predicted octanol–water partition coefficient (Wildman–Crippen LogP) is 3.34. The molecule has 2 aromatic rings. The Bertz CT molecular complexity index is 649. The van der Waals surface area contributed by atoms with Crippen LogP contribution < -0.4 is 9.64 Å². The first-order chi connectivity index (χ1) is 9.65. The second kappa shape index (κ2) is 6.07. The van der Waals surface area contributed by atoms with Crippen LogP contribution in [0.1, 0.15) is 11.1 Å². The maximum atomic E-state index is 13.9. The first kappa shape index (κ1) is 13.9. The zero-order valence-electron chi connectivity index (χ0n) is 11.4. The summed E-state index contributed by atoms with van der Waals surface area (Å²) in [6, 6.07) is 14.2. The highest BCUT2D eigenvalue weighted by atomic mass is 19.1. The summed E-state index contributed by atoms with van der Waals surface area (Å²) < 4.78 is 18.9. The lowest BCUT2D eigenvalue weighted by Crippen LogP contribution is -2.18. The summed E-state index contributed by atoms with van der Waals surface area (Å²) in [5.41, 5.74) is 1.91. The third kappa shape index (κ3) is 2.89. The summed E-state index contributed by atoms with van der Waals surface area (Å²) in [4.78, 5) is 1.85. The van der Waals surface area contributed by atoms with Gasteiger partial charge in [0.2, 0.25) is 0 Å². The van der Waals surface area contributed by atoms with E-state index in [4.69, 9.17) is 10.00 Å². The van der Waals surface area contributed by atoms with Crippen LogP contribution >= 0.6 is 0 Å². The number of rotatable bonds is 4. The average Bonchev–Trinajstić information content (AvgIpc) is 2.49. The van der Waals surface area contributed by atoms with Crippen molar-refractivity contribution in [1.29, 1.82) is 5.26 Å². The van der Waals surface area contributed by atoms with Gasteiger partial charge in [0.25, 0.3) is 0 Å². The van der Waals surface area contributed by atoms with Crippen LogP contribution in [-0.2, 0) is 6.54 Å². The van der Waals surface area contributed by atoms with Gasteiger partial charge in [-0.05, 0) is 18.2 Å². The molecule has 4 heteroatoms. The van der Waals surface area contributed by atoms with Crippen LogP contribution in [0.5, 0.6) is 5.75 Å². The molecule has 2 rings (SSSR count). The second-order valence-corrected chi connectivity index (χ2v) is 4.44. The summed E-state index contributed by atoms with van der Waals surface area (Å²) in [5, 5.41) is 9.09. The van der Waals surface area contributed by atoms with E-state index in [1.54, 1.807) is 18.2 Å². The van der Waals surface area contributed by atoms with E-state index in [2.05, 4.69) is 6.07 Å². The molecule has 0 spiro atoms. The van der Waals surface area contributed by atoms with Gasteiger partial charge in [-0.2, -0.15) is 5.26 Å². The zero-order valence-corrected chi connectivity index (χ0v) is 11.4. The van der Waals surface area contributed by atoms with Gasteiger partial charge in [0.05, 0.1) is 18.4 Å². The van der Waals surface area contributed by atoms with E-state index in [-0.39, 0.29) is 5.82 Å². The average molecular weight is 270 g/mol. The summed E-state index contributed by atoms with van der Waals surface area (Å²) in [6.45, 7) is 0.383. The summed E-state index contributed by atoms with van der Waals surface area (Å²) in [5.74, 6) is 0.178. The van der Waals surface area contributed by atoms with E-state index in [1.165, 1.54) is 13.2 Å². The maximum absolute atomic E-state index is 13.9. The molecule has 0 N–H and O–H groups in total. The lowest BCUT2D eigenvalue weighted by Gasteiger charge is -2.21. The van der Waals surface area contributed by atoms with E-state index in [1.807, 2.05) is 30.1 Å². The van der Waals surface area contributed by atoms with Gasteiger partial charge in [0.15, 0.2) is 0 Å². The number of anilines is 1. The second-order valence-electron chi connectivity index (χ2n) is 4.44. The molecule has 0 fully saturated rings. The van der Waals surface area contributed by atoms with Crippen LogP contribution in [0.25, 0.3) is 0 Å². The fourth-order valence-electron chi connectivity index (χ4n) is 2.02. The Balaban J connectivity index is 2.24. The van der Waals surface area contributed by atoms with Gasteiger partial charge >= 0.3 is 0 Å². The number of halogens is 1. The molecule has 0 atom stereocenters. The highest BCUT2D eigenvalue weighted by molar-refractivity contribution is 5.58. The molecular weight excluding hydrogens is 255 g/mol. The molecule has 0 saturated carbocycles. The molecule has 0 aliphatic heterocycles. The first-order valence-corrected chi connectivity index (χ1v) is 6.18. The van der Waals surface area contributed by atoms with E-state index >= 15 is 0 Å². The van der Waals surface area contributed by atoms with Crippen molar-refractivity contribution in [1.82, 2.24) is 0 Å². The Morgan fingerprint density at radius 3 is 2.65 bits per heavy atom. The zero-order chi connectivity index (χ0) is 14.5. The molecule has 0 amide bonds. The molecule has 0 unspecified atom stereocenters. The van der Waals surface area contributed by atoms with Gasteiger partial charge in [-0.3, -0.25) is 0 Å². The lowest BCUT2D eigenvalue weighted by atomic mass is 10.1. The number of ether oxygens (including phenoxy) is 1. The van der Waals surface area contributed by atoms with Crippen LogP contribution in [0, 0.1) is 17.1 Å². The Labute approximate surface area is 117 Å². The molecule has 0 radical (unpaired) electrons. The Hall–Kier alpha value is -2.54. The van der Waals surface area contributed by atoms with Crippen molar-refractivity contribution in [2.24, 2.45) is 0 Å². The fraction of sp³-hybridized carbons (Fsp3) is 0.188. The molecule has 0 heterocycles. The van der Waals surface area contributed by atoms with Crippen molar-refractivity contribution < 1.29 is 9.13 Å². The topological polar surface area (TPSA) is 36.3 Å². The predicted molar refractivity (Wildman–Crippen MR) is 76.2 cm³/mol. The number of para-hydroxylation sites is 1. The maximum Gasteiger partial charge on any atom is 0.131 e. The minimum absolute atomic E-state index is 0.314. The van der Waals surface area contributed by atoms with Gasteiger partial charge in [0.1, 0.15) is 17.6 Å². The van der Waals surface area contributed by atoms with Gasteiger partial charge in [0, 0.05) is 25.2 Å². The van der Waals surface area contributed by atoms with Crippen molar-refractivity contribution in [3.63, 3.8) is 0 Å². The van der Waals surface area contributed by atoms with Crippen LogP contribution in [-0.4, -0.2) is 14.2 Å². The molecule has 102 valence electrons. The van der Waals surface area contributed by atoms with Crippen molar-refractivity contribution in [2.75, 3.05) is 19.1 Å². The van der Waals surface area contributed by atoms with Gasteiger partial charge in [-0.1, -0.05) is 18.2 Å². The highest BCUT2D eigenvalue weighted by Gasteiger charge is 2.10. The molecule has 3 nitrogen and oxygen atoms in total. The molecule has 0 bridgehead atoms. The van der Waals surface area contributed by atoms with Crippen LogP contribution in [0.2, 0.25) is 0 Å². The number of benzene rings is 2. The molecule has 0 aromatic heterocycles. The molecule has 0 aliphatic rings. The van der Waals surface area contributed by atoms with Crippen LogP contribution in [0.4, 0.5) is 10.1 Å². The number of nitrogens with zero attached hydrogens (tertiary/aromatic N) is 2. The Morgan fingerprint density at radius 2 is 2.00 bits per heavy atom. The molecular formula is C16H15FN2O. The van der Waals surface area contributed by atoms with Crippen molar-refractivity contribution >= 4 is 5.69 Å². The highest BCUT2D eigenvalue weighted by Crippen LogP contribution is 2.22. The minimum Gasteiger partial charge on any atom is -0.497 e. The number of methoxy groups -OCH3 is 1. The van der Waals surface area contributed by atoms with Crippen molar-refractivity contribution in [2.45, 2.75) is 6.54 Å². The number of hydrogen-bond donors (Lipinski definition) is 0. The molecule has 2 aromatic carbocycles. The minimum atomic E-state index is -0.314. The summed E-state index contributed by atoms with van der Waals surface area (Å²) in [6.07, 6.45) is 0.